The summed E-state index contributed by atoms with van der Waals surface area (Å²) in [6.07, 6.45) is 10.2. The van der Waals surface area contributed by atoms with Crippen LogP contribution in [0.5, 0.6) is 0 Å². The van der Waals surface area contributed by atoms with Gasteiger partial charge in [-0.2, -0.15) is 0 Å². The minimum Gasteiger partial charge on any atom is -0.465 e. The van der Waals surface area contributed by atoms with E-state index >= 15 is 0 Å². The van der Waals surface area contributed by atoms with Crippen LogP contribution in [0.2, 0.25) is 0 Å². The first-order valence-corrected chi connectivity index (χ1v) is 9.79. The third kappa shape index (κ3) is 4.43. The minimum absolute atomic E-state index is 0.0852. The number of nitrogens with zero attached hydrogens (tertiary/aromatic N) is 3. The lowest BCUT2D eigenvalue weighted by molar-refractivity contribution is -0.117. The molecular formula is C20H20N4O2S. The average molecular weight is 380 g/mol. The van der Waals surface area contributed by atoms with Crippen molar-refractivity contribution in [3.63, 3.8) is 0 Å². The molecule has 1 aliphatic rings. The second-order valence-corrected chi connectivity index (χ2v) is 7.21. The number of piperidine rings is 1. The van der Waals surface area contributed by atoms with E-state index < -0.39 is 0 Å². The van der Waals surface area contributed by atoms with E-state index in [4.69, 9.17) is 9.40 Å². The zero-order valence-corrected chi connectivity index (χ0v) is 15.6. The van der Waals surface area contributed by atoms with Crippen LogP contribution < -0.4 is 10.2 Å². The number of carbonyl (C=O) groups is 1. The highest BCUT2D eigenvalue weighted by Crippen LogP contribution is 2.28. The van der Waals surface area contributed by atoms with Gasteiger partial charge in [0, 0.05) is 48.5 Å². The molecule has 3 aromatic rings. The van der Waals surface area contributed by atoms with Crippen LogP contribution in [0, 0.1) is 0 Å². The van der Waals surface area contributed by atoms with Crippen LogP contribution in [0.4, 0.5) is 5.13 Å². The molecule has 0 aliphatic carbocycles. The maximum absolute atomic E-state index is 12.0. The Morgan fingerprint density at radius 3 is 2.93 bits per heavy atom. The monoisotopic (exact) mass is 380 g/mol. The Morgan fingerprint density at radius 1 is 1.30 bits per heavy atom. The topological polar surface area (TPSA) is 71.3 Å². The van der Waals surface area contributed by atoms with Gasteiger partial charge in [-0.15, -0.1) is 11.3 Å². The van der Waals surface area contributed by atoms with Gasteiger partial charge in [0.25, 0.3) is 0 Å². The van der Waals surface area contributed by atoms with E-state index in [2.05, 4.69) is 20.6 Å². The van der Waals surface area contributed by atoms with Gasteiger partial charge in [0.2, 0.25) is 5.91 Å². The van der Waals surface area contributed by atoms with Crippen molar-refractivity contribution in [3.8, 4) is 11.3 Å². The molecule has 1 saturated heterocycles. The minimum atomic E-state index is -0.0852. The number of hydrogen-bond acceptors (Lipinski definition) is 6. The number of rotatable bonds is 5. The van der Waals surface area contributed by atoms with Crippen LogP contribution in [0.15, 0.2) is 58.8 Å². The van der Waals surface area contributed by atoms with Gasteiger partial charge >= 0.3 is 0 Å². The van der Waals surface area contributed by atoms with E-state index in [0.717, 1.165) is 42.3 Å². The molecule has 27 heavy (non-hydrogen) atoms. The van der Waals surface area contributed by atoms with E-state index in [0.29, 0.717) is 5.76 Å². The normalized spacial score (nSPS) is 15.3. The molecule has 0 spiro atoms. The summed E-state index contributed by atoms with van der Waals surface area (Å²) in [6, 6.07) is 7.74. The average Bonchev–Trinajstić information content (AvgIpc) is 3.40. The van der Waals surface area contributed by atoms with E-state index in [1.807, 2.05) is 24.4 Å². The highest BCUT2D eigenvalue weighted by Gasteiger charge is 2.22. The van der Waals surface area contributed by atoms with Crippen molar-refractivity contribution < 1.29 is 9.21 Å². The highest BCUT2D eigenvalue weighted by atomic mass is 32.1. The summed E-state index contributed by atoms with van der Waals surface area (Å²) in [5, 5.41) is 6.16. The summed E-state index contributed by atoms with van der Waals surface area (Å²) >= 11 is 1.65. The van der Waals surface area contributed by atoms with Crippen LogP contribution >= 0.6 is 11.3 Å². The number of aromatic nitrogens is 2. The summed E-state index contributed by atoms with van der Waals surface area (Å²) < 4.78 is 5.19. The third-order valence-corrected chi connectivity index (χ3v) is 5.40. The molecule has 138 valence electrons. The molecule has 0 radical (unpaired) electrons. The van der Waals surface area contributed by atoms with Gasteiger partial charge in [0.15, 0.2) is 5.13 Å². The SMILES string of the molecule is O=C(/C=C/c1ccco1)NC1CCN(c2nc(-c3cccnc3)cs2)CC1. The first-order chi connectivity index (χ1) is 13.3. The Balaban J connectivity index is 1.29. The predicted octanol–water partition coefficient (Wildman–Crippen LogP) is 3.60. The van der Waals surface area contributed by atoms with Gasteiger partial charge in [-0.25, -0.2) is 4.98 Å². The molecule has 1 N–H and O–H groups in total. The molecule has 0 saturated carbocycles. The Labute approximate surface area is 161 Å². The second-order valence-electron chi connectivity index (χ2n) is 6.38. The number of pyridine rings is 1. The van der Waals surface area contributed by atoms with Crippen molar-refractivity contribution in [1.29, 1.82) is 0 Å². The summed E-state index contributed by atoms with van der Waals surface area (Å²) in [5.74, 6) is 0.589. The maximum atomic E-state index is 12.0. The summed E-state index contributed by atoms with van der Waals surface area (Å²) in [6.45, 7) is 1.76. The molecule has 0 bridgehead atoms. The number of nitrogens with one attached hydrogen (secondary N) is 1. The lowest BCUT2D eigenvalue weighted by Crippen LogP contribution is -2.44. The largest absolute Gasteiger partial charge is 0.465 e. The Kier molecular flexibility index (Phi) is 5.29. The number of anilines is 1. The molecule has 3 aromatic heterocycles. The molecule has 1 amide bonds. The molecule has 0 aromatic carbocycles. The fourth-order valence-electron chi connectivity index (χ4n) is 3.06. The van der Waals surface area contributed by atoms with Crippen molar-refractivity contribution in [1.82, 2.24) is 15.3 Å². The van der Waals surface area contributed by atoms with Crippen molar-refractivity contribution in [2.24, 2.45) is 0 Å². The standard InChI is InChI=1S/C20H20N4O2S/c25-19(6-5-17-4-2-12-26-17)22-16-7-10-24(11-8-16)20-23-18(14-27-20)15-3-1-9-21-13-15/h1-6,9,12-14,16H,7-8,10-11H2,(H,22,25)/b6-5+. The van der Waals surface area contributed by atoms with Crippen molar-refractivity contribution >= 4 is 28.5 Å². The number of thiazole rings is 1. The molecule has 7 heteroatoms. The number of hydrogen-bond donors (Lipinski definition) is 1. The van der Waals surface area contributed by atoms with Crippen LogP contribution in [0.1, 0.15) is 18.6 Å². The predicted molar refractivity (Wildman–Crippen MR) is 106 cm³/mol. The lowest BCUT2D eigenvalue weighted by atomic mass is 10.1. The zero-order valence-electron chi connectivity index (χ0n) is 14.7. The molecule has 0 unspecified atom stereocenters. The zero-order chi connectivity index (χ0) is 18.5. The van der Waals surface area contributed by atoms with Gasteiger partial charge in [-0.05, 0) is 43.2 Å². The van der Waals surface area contributed by atoms with Crippen LogP contribution in [-0.4, -0.2) is 35.0 Å². The van der Waals surface area contributed by atoms with Gasteiger partial charge in [-0.1, -0.05) is 0 Å². The molecule has 6 nitrogen and oxygen atoms in total. The molecule has 4 rings (SSSR count). The number of furan rings is 1. The van der Waals surface area contributed by atoms with Crippen molar-refractivity contribution in [3.05, 3.63) is 60.1 Å². The van der Waals surface area contributed by atoms with Gasteiger partial charge in [0.1, 0.15) is 5.76 Å². The first kappa shape index (κ1) is 17.5. The smallest absolute Gasteiger partial charge is 0.244 e. The molecule has 4 heterocycles. The third-order valence-electron chi connectivity index (χ3n) is 4.50. The Hall–Kier alpha value is -2.93. The summed E-state index contributed by atoms with van der Waals surface area (Å²) in [5.41, 5.74) is 1.99. The lowest BCUT2D eigenvalue weighted by Gasteiger charge is -2.31. The van der Waals surface area contributed by atoms with Gasteiger partial charge in [0.05, 0.1) is 12.0 Å². The number of amides is 1. The Morgan fingerprint density at radius 2 is 2.19 bits per heavy atom. The van der Waals surface area contributed by atoms with E-state index in [1.165, 1.54) is 6.08 Å². The van der Waals surface area contributed by atoms with E-state index in [1.54, 1.807) is 35.9 Å². The maximum Gasteiger partial charge on any atom is 0.244 e. The fraction of sp³-hybridized carbons (Fsp3) is 0.250. The molecule has 0 atom stereocenters. The fourth-order valence-corrected chi connectivity index (χ4v) is 3.95. The quantitative estimate of drug-likeness (QED) is 0.685. The Bertz CT molecular complexity index is 897. The van der Waals surface area contributed by atoms with Crippen molar-refractivity contribution in [2.75, 3.05) is 18.0 Å². The second kappa shape index (κ2) is 8.18. The highest BCUT2D eigenvalue weighted by molar-refractivity contribution is 7.14. The van der Waals surface area contributed by atoms with Crippen molar-refractivity contribution in [2.45, 2.75) is 18.9 Å². The van der Waals surface area contributed by atoms with E-state index in [-0.39, 0.29) is 11.9 Å². The first-order valence-electron chi connectivity index (χ1n) is 8.91. The summed E-state index contributed by atoms with van der Waals surface area (Å²) in [7, 11) is 0. The summed E-state index contributed by atoms with van der Waals surface area (Å²) in [4.78, 5) is 23.2. The van der Waals surface area contributed by atoms with E-state index in [9.17, 15) is 4.79 Å². The molecule has 1 fully saturated rings. The molecular weight excluding hydrogens is 360 g/mol. The van der Waals surface area contributed by atoms with Crippen LogP contribution in [0.3, 0.4) is 0 Å². The van der Waals surface area contributed by atoms with Gasteiger partial charge in [-0.3, -0.25) is 9.78 Å². The van der Waals surface area contributed by atoms with Gasteiger partial charge < -0.3 is 14.6 Å². The molecule has 1 aliphatic heterocycles. The van der Waals surface area contributed by atoms with Crippen LogP contribution in [0.25, 0.3) is 17.3 Å². The number of carbonyl (C=O) groups excluding carboxylic acids is 1. The van der Waals surface area contributed by atoms with Crippen LogP contribution in [-0.2, 0) is 4.79 Å².